The lowest BCUT2D eigenvalue weighted by molar-refractivity contribution is -0.137. The molecule has 2 N–H and O–H groups in total. The van der Waals surface area contributed by atoms with Crippen molar-refractivity contribution < 1.29 is 26.4 Å². The summed E-state index contributed by atoms with van der Waals surface area (Å²) in [5, 5.41) is 2.54. The number of nitrogens with zero attached hydrogens (tertiary/aromatic N) is 1. The summed E-state index contributed by atoms with van der Waals surface area (Å²) in [5.74, 6) is -0.122. The van der Waals surface area contributed by atoms with Crippen LogP contribution in [0, 0.1) is 0 Å². The van der Waals surface area contributed by atoms with Crippen LogP contribution in [0.4, 0.5) is 18.9 Å². The Balaban J connectivity index is 1.62. The number of carbonyl (C=O) groups excluding carboxylic acids is 1. The molecule has 2 aromatic carbocycles. The van der Waals surface area contributed by atoms with E-state index >= 15 is 0 Å². The Bertz CT molecular complexity index is 1130. The second-order valence-electron chi connectivity index (χ2n) is 7.21. The van der Waals surface area contributed by atoms with Gasteiger partial charge in [0.2, 0.25) is 5.91 Å². The summed E-state index contributed by atoms with van der Waals surface area (Å²) in [7, 11) is -3.78. The number of anilines is 1. The minimum Gasteiger partial charge on any atom is -0.323 e. The molecule has 0 unspecified atom stereocenters. The Hall–Kier alpha value is -3.14. The van der Waals surface area contributed by atoms with Crippen molar-refractivity contribution in [3.63, 3.8) is 0 Å². The molecule has 32 heavy (non-hydrogen) atoms. The minimum atomic E-state index is -4.47. The molecule has 0 spiro atoms. The van der Waals surface area contributed by atoms with E-state index in [1.165, 1.54) is 42.5 Å². The summed E-state index contributed by atoms with van der Waals surface area (Å²) in [6, 6.07) is 10.2. The van der Waals surface area contributed by atoms with E-state index in [2.05, 4.69) is 15.0 Å². The molecule has 1 aliphatic heterocycles. The highest BCUT2D eigenvalue weighted by Gasteiger charge is 2.30. The summed E-state index contributed by atoms with van der Waals surface area (Å²) in [6.07, 6.45) is 1.29. The third-order valence-corrected chi connectivity index (χ3v) is 6.10. The molecule has 6 nitrogen and oxygen atoms in total. The van der Waals surface area contributed by atoms with E-state index in [0.29, 0.717) is 24.5 Å². The molecule has 1 amide bonds. The number of hydrogen-bond acceptors (Lipinski definition) is 4. The highest BCUT2D eigenvalue weighted by Crippen LogP contribution is 2.29. The van der Waals surface area contributed by atoms with Crippen molar-refractivity contribution in [3.05, 3.63) is 65.7 Å². The first-order chi connectivity index (χ1) is 15.1. The van der Waals surface area contributed by atoms with E-state index < -0.39 is 27.7 Å². The standard InChI is InChI=1S/C22H22F3N3O3S/c23-22(24,25)17-6-4-5-16(15-17)8-13-21(29)27-18-9-11-19(12-10-18)32(30,31)28-20-7-2-1-3-14-26-20/h4-6,8-13,15H,1-3,7,14H2,(H,26,28)(H,27,29)/b13-8+. The van der Waals surface area contributed by atoms with Crippen molar-refractivity contribution in [2.75, 3.05) is 11.9 Å². The van der Waals surface area contributed by atoms with Crippen molar-refractivity contribution in [1.29, 1.82) is 0 Å². The third-order valence-electron chi connectivity index (χ3n) is 4.70. The lowest BCUT2D eigenvalue weighted by Crippen LogP contribution is -2.30. The summed E-state index contributed by atoms with van der Waals surface area (Å²) in [4.78, 5) is 16.4. The average molecular weight is 465 g/mol. The predicted molar refractivity (Wildman–Crippen MR) is 117 cm³/mol. The van der Waals surface area contributed by atoms with Gasteiger partial charge < -0.3 is 5.32 Å². The van der Waals surface area contributed by atoms with Crippen molar-refractivity contribution in [2.45, 2.75) is 36.8 Å². The minimum absolute atomic E-state index is 0.0296. The summed E-state index contributed by atoms with van der Waals surface area (Å²) < 4.78 is 65.9. The van der Waals surface area contributed by atoms with Crippen molar-refractivity contribution in [1.82, 2.24) is 4.72 Å². The van der Waals surface area contributed by atoms with Gasteiger partial charge >= 0.3 is 6.18 Å². The number of nitrogens with one attached hydrogen (secondary N) is 2. The van der Waals surface area contributed by atoms with E-state index in [-0.39, 0.29) is 10.5 Å². The molecular formula is C22H22F3N3O3S. The molecule has 0 radical (unpaired) electrons. The maximum absolute atomic E-state index is 12.8. The van der Waals surface area contributed by atoms with Crippen LogP contribution in [0.1, 0.15) is 36.8 Å². The lowest BCUT2D eigenvalue weighted by Gasteiger charge is -2.10. The molecule has 3 rings (SSSR count). The predicted octanol–water partition coefficient (Wildman–Crippen LogP) is 4.61. The van der Waals surface area contributed by atoms with E-state index in [9.17, 15) is 26.4 Å². The first-order valence-electron chi connectivity index (χ1n) is 9.96. The maximum atomic E-state index is 12.8. The van der Waals surface area contributed by atoms with Crippen molar-refractivity contribution in [2.24, 2.45) is 4.99 Å². The molecule has 2 aromatic rings. The fourth-order valence-corrected chi connectivity index (χ4v) is 4.15. The van der Waals surface area contributed by atoms with Gasteiger partial charge in [-0.15, -0.1) is 0 Å². The zero-order valence-electron chi connectivity index (χ0n) is 17.0. The van der Waals surface area contributed by atoms with Gasteiger partial charge in [-0.05, 0) is 60.9 Å². The molecule has 0 saturated heterocycles. The van der Waals surface area contributed by atoms with E-state index in [4.69, 9.17) is 0 Å². The van der Waals surface area contributed by atoms with Gasteiger partial charge in [0.05, 0.1) is 10.5 Å². The number of alkyl halides is 3. The Kier molecular flexibility index (Phi) is 7.34. The number of halogens is 3. The zero-order chi connectivity index (χ0) is 23.2. The van der Waals surface area contributed by atoms with Crippen LogP contribution >= 0.6 is 0 Å². The Morgan fingerprint density at radius 2 is 1.78 bits per heavy atom. The smallest absolute Gasteiger partial charge is 0.323 e. The number of hydrogen-bond donors (Lipinski definition) is 2. The molecule has 0 saturated carbocycles. The average Bonchev–Trinajstić information content (AvgIpc) is 3.00. The molecule has 0 fully saturated rings. The first-order valence-corrected chi connectivity index (χ1v) is 11.4. The largest absolute Gasteiger partial charge is 0.416 e. The number of amides is 1. The van der Waals surface area contributed by atoms with Gasteiger partial charge in [0.15, 0.2) is 0 Å². The number of benzene rings is 2. The summed E-state index contributed by atoms with van der Waals surface area (Å²) >= 11 is 0. The van der Waals surface area contributed by atoms with Gasteiger partial charge in [0, 0.05) is 24.7 Å². The second-order valence-corrected chi connectivity index (χ2v) is 8.90. The Labute approximate surface area is 184 Å². The topological polar surface area (TPSA) is 87.6 Å². The molecule has 0 aliphatic carbocycles. The molecular weight excluding hydrogens is 443 g/mol. The van der Waals surface area contributed by atoms with E-state index in [1.54, 1.807) is 0 Å². The molecule has 1 heterocycles. The van der Waals surface area contributed by atoms with Gasteiger partial charge in [-0.3, -0.25) is 14.5 Å². The third kappa shape index (κ3) is 6.68. The quantitative estimate of drug-likeness (QED) is 0.633. The zero-order valence-corrected chi connectivity index (χ0v) is 17.8. The fraction of sp³-hybridized carbons (Fsp3) is 0.273. The van der Waals surface area contributed by atoms with E-state index in [0.717, 1.165) is 37.5 Å². The number of amidine groups is 1. The van der Waals surface area contributed by atoms with Crippen LogP contribution in [0.3, 0.4) is 0 Å². The Morgan fingerprint density at radius 3 is 2.50 bits per heavy atom. The number of rotatable bonds is 5. The van der Waals surface area contributed by atoms with Gasteiger partial charge in [0.1, 0.15) is 5.84 Å². The molecule has 170 valence electrons. The van der Waals surface area contributed by atoms with Crippen molar-refractivity contribution >= 4 is 33.5 Å². The van der Waals surface area contributed by atoms with Crippen LogP contribution < -0.4 is 10.0 Å². The second kappa shape index (κ2) is 9.99. The van der Waals surface area contributed by atoms with Gasteiger partial charge in [0.25, 0.3) is 10.0 Å². The van der Waals surface area contributed by atoms with Crippen LogP contribution in [-0.2, 0) is 21.0 Å². The SMILES string of the molecule is O=C(/C=C/c1cccc(C(F)(F)F)c1)Nc1ccc(S(=O)(=O)NC2=NCCCCC2)cc1. The maximum Gasteiger partial charge on any atom is 0.416 e. The van der Waals surface area contributed by atoms with Crippen LogP contribution in [0.25, 0.3) is 6.08 Å². The first kappa shape index (κ1) is 23.5. The molecule has 0 atom stereocenters. The van der Waals surface area contributed by atoms with Crippen molar-refractivity contribution in [3.8, 4) is 0 Å². The monoisotopic (exact) mass is 465 g/mol. The molecule has 10 heteroatoms. The van der Waals surface area contributed by atoms with Crippen LogP contribution in [-0.4, -0.2) is 26.7 Å². The highest BCUT2D eigenvalue weighted by atomic mass is 32.2. The van der Waals surface area contributed by atoms with E-state index in [1.807, 2.05) is 0 Å². The van der Waals surface area contributed by atoms with Gasteiger partial charge in [-0.25, -0.2) is 8.42 Å². The van der Waals surface area contributed by atoms with Crippen LogP contribution in [0.15, 0.2) is 64.5 Å². The number of carbonyl (C=O) groups is 1. The molecule has 1 aliphatic rings. The number of sulfonamides is 1. The lowest BCUT2D eigenvalue weighted by atomic mass is 10.1. The summed E-state index contributed by atoms with van der Waals surface area (Å²) in [5.41, 5.74) is -0.237. The van der Waals surface area contributed by atoms with Crippen LogP contribution in [0.2, 0.25) is 0 Å². The molecule has 0 bridgehead atoms. The van der Waals surface area contributed by atoms with Crippen LogP contribution in [0.5, 0.6) is 0 Å². The van der Waals surface area contributed by atoms with Gasteiger partial charge in [-0.2, -0.15) is 13.2 Å². The normalized spacial score (nSPS) is 15.2. The fourth-order valence-electron chi connectivity index (χ4n) is 3.06. The van der Waals surface area contributed by atoms with Gasteiger partial charge in [-0.1, -0.05) is 18.6 Å². The number of aliphatic imine (C=N–C) groups is 1. The summed E-state index contributed by atoms with van der Waals surface area (Å²) in [6.45, 7) is 0.594. The molecule has 0 aromatic heterocycles. The Morgan fingerprint density at radius 1 is 1.03 bits per heavy atom. The highest BCUT2D eigenvalue weighted by molar-refractivity contribution is 7.90.